The molecular weight excluding hydrogens is 435 g/mol. The molecule has 1 N–H and O–H groups in total. The number of amides is 1. The predicted octanol–water partition coefficient (Wildman–Crippen LogP) is 5.46. The zero-order chi connectivity index (χ0) is 21.6. The molecule has 0 spiro atoms. The number of carbonyl (C=O) groups excluding carboxylic acids is 1. The van der Waals surface area contributed by atoms with Crippen molar-refractivity contribution < 1.29 is 9.53 Å². The number of hydrogen-bond donors (Lipinski definition) is 1. The lowest BCUT2D eigenvalue weighted by atomic mass is 10.2. The number of nitrogens with one attached hydrogen (secondary N) is 1. The van der Waals surface area contributed by atoms with E-state index in [0.29, 0.717) is 28.0 Å². The monoisotopic (exact) mass is 452 g/mol. The number of nitrogens with zero attached hydrogens (tertiary/aromatic N) is 3. The van der Waals surface area contributed by atoms with Crippen LogP contribution < -0.4 is 10.1 Å². The van der Waals surface area contributed by atoms with Gasteiger partial charge >= 0.3 is 0 Å². The Hall–Kier alpha value is -3.35. The summed E-state index contributed by atoms with van der Waals surface area (Å²) in [7, 11) is 0. The van der Waals surface area contributed by atoms with E-state index in [-0.39, 0.29) is 18.2 Å². The molecular formula is C23H18Cl2N4O2. The highest BCUT2D eigenvalue weighted by Gasteiger charge is 2.11. The summed E-state index contributed by atoms with van der Waals surface area (Å²) in [6, 6.07) is 18.2. The lowest BCUT2D eigenvalue weighted by molar-refractivity contribution is 0.102. The number of hydrogen-bond acceptors (Lipinski definition) is 4. The predicted molar refractivity (Wildman–Crippen MR) is 121 cm³/mol. The number of pyridine rings is 1. The SMILES string of the molecule is O=C(Nc1cnn(Cc2ccc(Cl)cc2)c1)c1cc(COc2ccccc2Cl)ccn1. The van der Waals surface area contributed by atoms with E-state index in [4.69, 9.17) is 27.9 Å². The number of aromatic nitrogens is 3. The Labute approximate surface area is 189 Å². The van der Waals surface area contributed by atoms with Crippen LogP contribution in [-0.4, -0.2) is 20.7 Å². The zero-order valence-corrected chi connectivity index (χ0v) is 17.8. The molecule has 2 heterocycles. The molecule has 2 aromatic heterocycles. The van der Waals surface area contributed by atoms with Gasteiger partial charge in [-0.15, -0.1) is 0 Å². The summed E-state index contributed by atoms with van der Waals surface area (Å²) < 4.78 is 7.47. The quantitative estimate of drug-likeness (QED) is 0.403. The van der Waals surface area contributed by atoms with Crippen molar-refractivity contribution in [3.8, 4) is 5.75 Å². The summed E-state index contributed by atoms with van der Waals surface area (Å²) in [5, 5.41) is 8.32. The molecule has 0 saturated heterocycles. The van der Waals surface area contributed by atoms with Crippen LogP contribution in [0.1, 0.15) is 21.6 Å². The van der Waals surface area contributed by atoms with Gasteiger partial charge in [0.1, 0.15) is 18.1 Å². The molecule has 0 aliphatic heterocycles. The molecule has 8 heteroatoms. The molecule has 0 radical (unpaired) electrons. The number of halogens is 2. The molecule has 31 heavy (non-hydrogen) atoms. The van der Waals surface area contributed by atoms with Crippen LogP contribution in [0.4, 0.5) is 5.69 Å². The van der Waals surface area contributed by atoms with Crippen LogP contribution in [0, 0.1) is 0 Å². The standard InChI is InChI=1S/C23H18Cl2N4O2/c24-18-7-5-16(6-8-18)13-29-14-19(12-27-29)28-23(30)21-11-17(9-10-26-21)15-31-22-4-2-1-3-20(22)25/h1-12,14H,13,15H2,(H,28,30). The minimum absolute atomic E-state index is 0.269. The van der Waals surface area contributed by atoms with E-state index < -0.39 is 0 Å². The lowest BCUT2D eigenvalue weighted by Crippen LogP contribution is -2.14. The van der Waals surface area contributed by atoms with Gasteiger partial charge in [-0.2, -0.15) is 5.10 Å². The molecule has 4 rings (SSSR count). The third kappa shape index (κ3) is 5.63. The summed E-state index contributed by atoms with van der Waals surface area (Å²) in [6.45, 7) is 0.839. The maximum atomic E-state index is 12.6. The highest BCUT2D eigenvalue weighted by molar-refractivity contribution is 6.32. The van der Waals surface area contributed by atoms with Gasteiger partial charge in [0.15, 0.2) is 0 Å². The van der Waals surface area contributed by atoms with Crippen LogP contribution in [0.5, 0.6) is 5.75 Å². The second-order valence-electron chi connectivity index (χ2n) is 6.78. The number of rotatable bonds is 7. The second kappa shape index (κ2) is 9.64. The first-order valence-electron chi connectivity index (χ1n) is 9.47. The minimum Gasteiger partial charge on any atom is -0.487 e. The Morgan fingerprint density at radius 2 is 1.84 bits per heavy atom. The fraction of sp³-hybridized carbons (Fsp3) is 0.0870. The molecule has 156 valence electrons. The average Bonchev–Trinajstić information content (AvgIpc) is 3.21. The van der Waals surface area contributed by atoms with Crippen LogP contribution in [0.25, 0.3) is 0 Å². The topological polar surface area (TPSA) is 69.0 Å². The van der Waals surface area contributed by atoms with E-state index in [1.54, 1.807) is 47.5 Å². The van der Waals surface area contributed by atoms with Crippen molar-refractivity contribution in [1.82, 2.24) is 14.8 Å². The van der Waals surface area contributed by atoms with Crippen molar-refractivity contribution in [1.29, 1.82) is 0 Å². The highest BCUT2D eigenvalue weighted by atomic mass is 35.5. The number of para-hydroxylation sites is 1. The van der Waals surface area contributed by atoms with Crippen LogP contribution in [0.2, 0.25) is 10.0 Å². The molecule has 0 saturated carbocycles. The van der Waals surface area contributed by atoms with Crippen LogP contribution >= 0.6 is 23.2 Å². The summed E-state index contributed by atoms with van der Waals surface area (Å²) in [5.41, 5.74) is 2.72. The first-order chi connectivity index (χ1) is 15.1. The van der Waals surface area contributed by atoms with Crippen molar-refractivity contribution >= 4 is 34.8 Å². The Bertz CT molecular complexity index is 1190. The summed E-state index contributed by atoms with van der Waals surface area (Å²) in [5.74, 6) is 0.255. The van der Waals surface area contributed by atoms with Gasteiger partial charge in [0.25, 0.3) is 5.91 Å². The van der Waals surface area contributed by atoms with E-state index in [2.05, 4.69) is 15.4 Å². The number of anilines is 1. The van der Waals surface area contributed by atoms with Crippen molar-refractivity contribution in [2.24, 2.45) is 0 Å². The first kappa shape index (κ1) is 20.9. The lowest BCUT2D eigenvalue weighted by Gasteiger charge is -2.09. The van der Waals surface area contributed by atoms with Gasteiger partial charge in [-0.25, -0.2) is 0 Å². The molecule has 2 aromatic carbocycles. The fourth-order valence-corrected chi connectivity index (χ4v) is 3.21. The van der Waals surface area contributed by atoms with Crippen LogP contribution in [0.15, 0.2) is 79.3 Å². The summed E-state index contributed by atoms with van der Waals surface area (Å²) in [4.78, 5) is 16.8. The fourth-order valence-electron chi connectivity index (χ4n) is 2.90. The second-order valence-corrected chi connectivity index (χ2v) is 7.62. The van der Waals surface area contributed by atoms with Crippen LogP contribution in [-0.2, 0) is 13.2 Å². The van der Waals surface area contributed by atoms with E-state index in [0.717, 1.165) is 11.1 Å². The normalized spacial score (nSPS) is 10.6. The first-order valence-corrected chi connectivity index (χ1v) is 10.2. The Kier molecular flexibility index (Phi) is 6.50. The van der Waals surface area contributed by atoms with Gasteiger partial charge in [0.05, 0.1) is 23.5 Å². The van der Waals surface area contributed by atoms with Crippen molar-refractivity contribution in [3.63, 3.8) is 0 Å². The van der Waals surface area contributed by atoms with E-state index in [9.17, 15) is 4.79 Å². The van der Waals surface area contributed by atoms with Gasteiger partial charge in [-0.05, 0) is 47.5 Å². The molecule has 0 aliphatic carbocycles. The maximum absolute atomic E-state index is 12.6. The van der Waals surface area contributed by atoms with Gasteiger partial charge < -0.3 is 10.1 Å². The molecule has 0 unspecified atom stereocenters. The summed E-state index contributed by atoms with van der Waals surface area (Å²) >= 11 is 12.0. The van der Waals surface area contributed by atoms with E-state index in [1.807, 2.05) is 36.4 Å². The van der Waals surface area contributed by atoms with Crippen molar-refractivity contribution in [2.45, 2.75) is 13.2 Å². The third-order valence-corrected chi connectivity index (χ3v) is 5.00. The Morgan fingerprint density at radius 3 is 2.65 bits per heavy atom. The molecule has 0 fully saturated rings. The number of benzene rings is 2. The Balaban J connectivity index is 1.37. The summed E-state index contributed by atoms with van der Waals surface area (Å²) in [6.07, 6.45) is 4.93. The molecule has 1 amide bonds. The van der Waals surface area contributed by atoms with Crippen molar-refractivity contribution in [2.75, 3.05) is 5.32 Å². The van der Waals surface area contributed by atoms with Crippen LogP contribution in [0.3, 0.4) is 0 Å². The largest absolute Gasteiger partial charge is 0.487 e. The van der Waals surface area contributed by atoms with Gasteiger partial charge in [-0.1, -0.05) is 47.5 Å². The average molecular weight is 453 g/mol. The number of ether oxygens (including phenoxy) is 1. The van der Waals surface area contributed by atoms with Crippen molar-refractivity contribution in [3.05, 3.63) is 106 Å². The van der Waals surface area contributed by atoms with Gasteiger partial charge in [-0.3, -0.25) is 14.5 Å². The Morgan fingerprint density at radius 1 is 1.03 bits per heavy atom. The smallest absolute Gasteiger partial charge is 0.274 e. The minimum atomic E-state index is -0.328. The molecule has 6 nitrogen and oxygen atoms in total. The van der Waals surface area contributed by atoms with Gasteiger partial charge in [0, 0.05) is 17.4 Å². The van der Waals surface area contributed by atoms with E-state index >= 15 is 0 Å². The highest BCUT2D eigenvalue weighted by Crippen LogP contribution is 2.24. The number of carbonyl (C=O) groups is 1. The van der Waals surface area contributed by atoms with E-state index in [1.165, 1.54) is 0 Å². The third-order valence-electron chi connectivity index (χ3n) is 4.44. The maximum Gasteiger partial charge on any atom is 0.274 e. The zero-order valence-electron chi connectivity index (χ0n) is 16.3. The molecule has 0 bridgehead atoms. The van der Waals surface area contributed by atoms with Gasteiger partial charge in [0.2, 0.25) is 0 Å². The molecule has 0 atom stereocenters. The molecule has 0 aliphatic rings. The molecule has 4 aromatic rings.